The summed E-state index contributed by atoms with van der Waals surface area (Å²) < 4.78 is 23.2. The number of carbonyl (C=O) groups is 1. The van der Waals surface area contributed by atoms with Crippen LogP contribution in [-0.4, -0.2) is 5.97 Å². The fraction of sp³-hybridized carbons (Fsp3) is 0.182. The Morgan fingerprint density at radius 1 is 1.47 bits per heavy atom. The lowest BCUT2D eigenvalue weighted by Crippen LogP contribution is -1.99. The van der Waals surface area contributed by atoms with E-state index in [0.29, 0.717) is 16.5 Å². The van der Waals surface area contributed by atoms with Gasteiger partial charge in [0, 0.05) is 12.5 Å². The van der Waals surface area contributed by atoms with Crippen molar-refractivity contribution >= 4 is 16.9 Å². The molecule has 0 fully saturated rings. The van der Waals surface area contributed by atoms with Crippen LogP contribution in [0.25, 0.3) is 11.0 Å². The zero-order chi connectivity index (χ0) is 10.8. The van der Waals surface area contributed by atoms with Gasteiger partial charge in [-0.25, -0.2) is 4.39 Å². The summed E-state index contributed by atoms with van der Waals surface area (Å²) in [6, 6.07) is 4.42. The molecule has 15 heavy (non-hydrogen) atoms. The fourth-order valence-electron chi connectivity index (χ4n) is 1.38. The number of ether oxygens (including phenoxy) is 1. The summed E-state index contributed by atoms with van der Waals surface area (Å²) in [5.74, 6) is -0.718. The molecule has 0 saturated carbocycles. The molecule has 0 aliphatic carbocycles. The Labute approximate surface area is 85.4 Å². The summed E-state index contributed by atoms with van der Waals surface area (Å²) in [6.45, 7) is 1.42. The summed E-state index contributed by atoms with van der Waals surface area (Å²) in [6.07, 6.45) is 1.41. The highest BCUT2D eigenvalue weighted by Crippen LogP contribution is 2.23. The lowest BCUT2D eigenvalue weighted by atomic mass is 10.1. The molecule has 2 aromatic rings. The van der Waals surface area contributed by atoms with E-state index in [1.54, 1.807) is 12.1 Å². The molecule has 0 radical (unpaired) electrons. The van der Waals surface area contributed by atoms with Crippen LogP contribution in [0, 0.1) is 5.82 Å². The van der Waals surface area contributed by atoms with Crippen LogP contribution in [-0.2, 0) is 16.1 Å². The molecule has 2 rings (SSSR count). The second-order valence-electron chi connectivity index (χ2n) is 3.15. The summed E-state index contributed by atoms with van der Waals surface area (Å²) in [7, 11) is 0. The fourth-order valence-corrected chi connectivity index (χ4v) is 1.38. The van der Waals surface area contributed by atoms with Crippen molar-refractivity contribution in [3.63, 3.8) is 0 Å². The van der Waals surface area contributed by atoms with Crippen LogP contribution in [0.1, 0.15) is 12.5 Å². The second kappa shape index (κ2) is 3.73. The Morgan fingerprint density at radius 2 is 2.27 bits per heavy atom. The molecule has 78 valence electrons. The molecule has 0 spiro atoms. The zero-order valence-corrected chi connectivity index (χ0v) is 8.12. The number of esters is 1. The van der Waals surface area contributed by atoms with Gasteiger partial charge in [0.1, 0.15) is 18.0 Å². The molecule has 0 atom stereocenters. The van der Waals surface area contributed by atoms with E-state index in [1.807, 2.05) is 0 Å². The van der Waals surface area contributed by atoms with E-state index in [4.69, 9.17) is 9.15 Å². The van der Waals surface area contributed by atoms with E-state index in [1.165, 1.54) is 19.3 Å². The van der Waals surface area contributed by atoms with Gasteiger partial charge in [0.2, 0.25) is 0 Å². The van der Waals surface area contributed by atoms with Gasteiger partial charge in [-0.05, 0) is 18.2 Å². The molecule has 1 heterocycles. The minimum atomic E-state index is -0.376. The van der Waals surface area contributed by atoms with Crippen LogP contribution in [0.4, 0.5) is 4.39 Å². The summed E-state index contributed by atoms with van der Waals surface area (Å²) in [4.78, 5) is 10.6. The van der Waals surface area contributed by atoms with Crippen LogP contribution >= 0.6 is 0 Å². The molecule has 0 amide bonds. The summed E-state index contributed by atoms with van der Waals surface area (Å²) in [5.41, 5.74) is 1.09. The van der Waals surface area contributed by atoms with Crippen LogP contribution in [0.5, 0.6) is 0 Å². The monoisotopic (exact) mass is 208 g/mol. The Hall–Kier alpha value is -1.84. The summed E-state index contributed by atoms with van der Waals surface area (Å²) >= 11 is 0. The highest BCUT2D eigenvalue weighted by atomic mass is 19.1. The quantitative estimate of drug-likeness (QED) is 0.712. The van der Waals surface area contributed by atoms with Crippen molar-refractivity contribution in [3.8, 4) is 0 Å². The highest BCUT2D eigenvalue weighted by molar-refractivity contribution is 5.81. The zero-order valence-electron chi connectivity index (χ0n) is 8.12. The number of carbonyl (C=O) groups excluding carboxylic acids is 1. The molecule has 4 heteroatoms. The maximum Gasteiger partial charge on any atom is 0.302 e. The van der Waals surface area contributed by atoms with Crippen molar-refractivity contribution in [3.05, 3.63) is 35.8 Å². The molecule has 0 aliphatic heterocycles. The molecule has 0 saturated heterocycles. The van der Waals surface area contributed by atoms with Gasteiger partial charge in [0.05, 0.1) is 11.6 Å². The second-order valence-corrected chi connectivity index (χ2v) is 3.15. The minimum Gasteiger partial charge on any atom is -0.464 e. The van der Waals surface area contributed by atoms with Crippen molar-refractivity contribution in [1.29, 1.82) is 0 Å². The van der Waals surface area contributed by atoms with Crippen molar-refractivity contribution in [1.82, 2.24) is 0 Å². The van der Waals surface area contributed by atoms with Crippen molar-refractivity contribution in [2.45, 2.75) is 13.5 Å². The third-order valence-electron chi connectivity index (χ3n) is 2.08. The SMILES string of the molecule is CC(=O)OCc1ccc(F)c2ccoc12. The van der Waals surface area contributed by atoms with Gasteiger partial charge in [0.15, 0.2) is 0 Å². The normalized spacial score (nSPS) is 10.5. The predicted molar refractivity (Wildman–Crippen MR) is 51.6 cm³/mol. The Balaban J connectivity index is 2.39. The molecule has 1 aromatic heterocycles. The molecule has 0 unspecified atom stereocenters. The van der Waals surface area contributed by atoms with Crippen molar-refractivity contribution < 1.29 is 18.3 Å². The van der Waals surface area contributed by atoms with E-state index in [9.17, 15) is 9.18 Å². The third-order valence-corrected chi connectivity index (χ3v) is 2.08. The third kappa shape index (κ3) is 1.83. The molecule has 0 bridgehead atoms. The van der Waals surface area contributed by atoms with Gasteiger partial charge in [0.25, 0.3) is 0 Å². The first-order chi connectivity index (χ1) is 7.18. The first-order valence-corrected chi connectivity index (χ1v) is 4.46. The van der Waals surface area contributed by atoms with Crippen LogP contribution < -0.4 is 0 Å². The number of furan rings is 1. The molecule has 0 N–H and O–H groups in total. The van der Waals surface area contributed by atoms with Gasteiger partial charge in [-0.3, -0.25) is 4.79 Å². The van der Waals surface area contributed by atoms with Gasteiger partial charge < -0.3 is 9.15 Å². The van der Waals surface area contributed by atoms with Crippen LogP contribution in [0.15, 0.2) is 28.9 Å². The maximum atomic E-state index is 13.2. The Kier molecular flexibility index (Phi) is 2.41. The molecule has 0 aliphatic rings. The van der Waals surface area contributed by atoms with Crippen molar-refractivity contribution in [2.75, 3.05) is 0 Å². The van der Waals surface area contributed by atoms with E-state index in [2.05, 4.69) is 0 Å². The van der Waals surface area contributed by atoms with Crippen molar-refractivity contribution in [2.24, 2.45) is 0 Å². The average Bonchev–Trinajstić information content (AvgIpc) is 2.66. The van der Waals surface area contributed by atoms with E-state index in [-0.39, 0.29) is 18.4 Å². The summed E-state index contributed by atoms with van der Waals surface area (Å²) in [5, 5.41) is 0.402. The van der Waals surface area contributed by atoms with Gasteiger partial charge in [-0.2, -0.15) is 0 Å². The maximum absolute atomic E-state index is 13.2. The smallest absolute Gasteiger partial charge is 0.302 e. The minimum absolute atomic E-state index is 0.0969. The Morgan fingerprint density at radius 3 is 3.00 bits per heavy atom. The lowest BCUT2D eigenvalue weighted by molar-refractivity contribution is -0.142. The van der Waals surface area contributed by atoms with Crippen LogP contribution in [0.2, 0.25) is 0 Å². The van der Waals surface area contributed by atoms with Crippen LogP contribution in [0.3, 0.4) is 0 Å². The highest BCUT2D eigenvalue weighted by Gasteiger charge is 2.09. The van der Waals surface area contributed by atoms with E-state index < -0.39 is 0 Å². The van der Waals surface area contributed by atoms with E-state index in [0.717, 1.165) is 0 Å². The number of hydrogen-bond donors (Lipinski definition) is 0. The van der Waals surface area contributed by atoms with Gasteiger partial charge in [-0.1, -0.05) is 0 Å². The molecule has 1 aromatic carbocycles. The number of benzene rings is 1. The molecular weight excluding hydrogens is 199 g/mol. The predicted octanol–water partition coefficient (Wildman–Crippen LogP) is 2.64. The first-order valence-electron chi connectivity index (χ1n) is 4.46. The average molecular weight is 208 g/mol. The standard InChI is InChI=1S/C11H9FO3/c1-7(13)15-6-8-2-3-10(12)9-4-5-14-11(8)9/h2-5H,6H2,1H3. The van der Waals surface area contributed by atoms with Gasteiger partial charge in [-0.15, -0.1) is 0 Å². The van der Waals surface area contributed by atoms with Gasteiger partial charge >= 0.3 is 5.97 Å². The topological polar surface area (TPSA) is 39.4 Å². The number of halogens is 1. The number of rotatable bonds is 2. The molecule has 3 nitrogen and oxygen atoms in total. The largest absolute Gasteiger partial charge is 0.464 e. The van der Waals surface area contributed by atoms with E-state index >= 15 is 0 Å². The first kappa shape index (κ1) is 9.71. The Bertz CT molecular complexity index is 502. The molecular formula is C11H9FO3. The lowest BCUT2D eigenvalue weighted by Gasteiger charge is -2.03. The number of fused-ring (bicyclic) bond motifs is 1. The number of hydrogen-bond acceptors (Lipinski definition) is 3.